The first kappa shape index (κ1) is 22.3. The van der Waals surface area contributed by atoms with Gasteiger partial charge in [0.1, 0.15) is 0 Å². The summed E-state index contributed by atoms with van der Waals surface area (Å²) in [7, 11) is 1.71. The number of nitrogens with two attached hydrogens (primary N) is 1. The molecular weight excluding hydrogens is 395 g/mol. The molecule has 1 atom stereocenters. The molecule has 150 valence electrons. The Balaban J connectivity index is 0.000000500. The Morgan fingerprint density at radius 2 is 1.96 bits per heavy atom. The molecule has 2 aromatic rings. The van der Waals surface area contributed by atoms with E-state index in [1.165, 1.54) is 0 Å². The summed E-state index contributed by atoms with van der Waals surface area (Å²) < 4.78 is 4.69. The van der Waals surface area contributed by atoms with Crippen LogP contribution in [-0.2, 0) is 9.53 Å². The summed E-state index contributed by atoms with van der Waals surface area (Å²) in [6, 6.07) is 12.8. The van der Waals surface area contributed by atoms with Crippen molar-refractivity contribution < 1.29 is 9.53 Å². The highest BCUT2D eigenvalue weighted by Crippen LogP contribution is 2.36. The standard InChI is InChI=1S/C18H16Cl2N2O.C4H10O/c19-14-3-1-2-13(8-14)18-9-12(6-7-22(18)11-23)16-10-15(20)4-5-17(16)21;1-3-4-5-2/h1-5,8-11,18H,6-7,21H2;3-4H2,1-2H3. The van der Waals surface area contributed by atoms with Gasteiger partial charge in [0.2, 0.25) is 6.41 Å². The van der Waals surface area contributed by atoms with Crippen LogP contribution in [0.15, 0.2) is 48.5 Å². The zero-order valence-electron chi connectivity index (χ0n) is 16.2. The third kappa shape index (κ3) is 5.99. The SMILES string of the molecule is CCCOC.Nc1ccc(Cl)cc1C1=CC(c2cccc(Cl)c2)N(C=O)CC1. The molecule has 0 radical (unpaired) electrons. The van der Waals surface area contributed by atoms with Gasteiger partial charge in [-0.25, -0.2) is 0 Å². The van der Waals surface area contributed by atoms with Gasteiger partial charge in [-0.15, -0.1) is 0 Å². The molecule has 0 saturated carbocycles. The molecule has 0 bridgehead atoms. The molecular formula is C22H26Cl2N2O2. The van der Waals surface area contributed by atoms with Crippen LogP contribution < -0.4 is 5.73 Å². The van der Waals surface area contributed by atoms with Gasteiger partial charge in [-0.1, -0.05) is 48.3 Å². The normalized spacial score (nSPS) is 16.1. The van der Waals surface area contributed by atoms with Crippen molar-refractivity contribution in [3.05, 3.63) is 69.7 Å². The summed E-state index contributed by atoms with van der Waals surface area (Å²) in [6.45, 7) is 3.60. The van der Waals surface area contributed by atoms with E-state index >= 15 is 0 Å². The number of methoxy groups -OCH3 is 1. The van der Waals surface area contributed by atoms with Crippen molar-refractivity contribution >= 4 is 40.9 Å². The predicted octanol–water partition coefficient (Wildman–Crippen LogP) is 5.61. The van der Waals surface area contributed by atoms with Gasteiger partial charge in [-0.3, -0.25) is 4.79 Å². The topological polar surface area (TPSA) is 55.6 Å². The van der Waals surface area contributed by atoms with Gasteiger partial charge in [-0.2, -0.15) is 0 Å². The summed E-state index contributed by atoms with van der Waals surface area (Å²) in [5.41, 5.74) is 9.77. The molecule has 3 rings (SSSR count). The van der Waals surface area contributed by atoms with Gasteiger partial charge in [0.15, 0.2) is 0 Å². The van der Waals surface area contributed by atoms with Crippen LogP contribution in [0.1, 0.15) is 36.9 Å². The Hall–Kier alpha value is -2.01. The second-order valence-electron chi connectivity index (χ2n) is 6.51. The van der Waals surface area contributed by atoms with Crippen molar-refractivity contribution in [3.8, 4) is 0 Å². The Bertz CT molecular complexity index is 822. The number of nitrogen functional groups attached to an aromatic ring is 1. The van der Waals surface area contributed by atoms with E-state index in [2.05, 4.69) is 13.0 Å². The molecule has 2 aromatic carbocycles. The quantitative estimate of drug-likeness (QED) is 0.505. The van der Waals surface area contributed by atoms with E-state index in [4.69, 9.17) is 33.7 Å². The molecule has 2 N–H and O–H groups in total. The van der Waals surface area contributed by atoms with Crippen molar-refractivity contribution in [2.75, 3.05) is 26.0 Å². The van der Waals surface area contributed by atoms with E-state index in [1.54, 1.807) is 24.1 Å². The molecule has 0 saturated heterocycles. The van der Waals surface area contributed by atoms with Crippen LogP contribution in [-0.4, -0.2) is 31.6 Å². The molecule has 0 fully saturated rings. The summed E-state index contributed by atoms with van der Waals surface area (Å²) in [5.74, 6) is 0. The van der Waals surface area contributed by atoms with Gasteiger partial charge in [0, 0.05) is 41.6 Å². The Kier molecular flexibility index (Phi) is 8.84. The number of anilines is 1. The van der Waals surface area contributed by atoms with E-state index in [0.717, 1.165) is 42.6 Å². The highest BCUT2D eigenvalue weighted by atomic mass is 35.5. The second kappa shape index (κ2) is 11.1. The van der Waals surface area contributed by atoms with Crippen LogP contribution in [0.4, 0.5) is 5.69 Å². The highest BCUT2D eigenvalue weighted by molar-refractivity contribution is 6.31. The molecule has 0 spiro atoms. The zero-order chi connectivity index (χ0) is 20.5. The first-order valence-corrected chi connectivity index (χ1v) is 9.97. The molecule has 6 heteroatoms. The fraction of sp³-hybridized carbons (Fsp3) is 0.318. The third-order valence-electron chi connectivity index (χ3n) is 4.45. The summed E-state index contributed by atoms with van der Waals surface area (Å²) in [4.78, 5) is 13.2. The second-order valence-corrected chi connectivity index (χ2v) is 7.38. The van der Waals surface area contributed by atoms with Crippen LogP contribution in [0, 0.1) is 0 Å². The maximum atomic E-state index is 11.4. The highest BCUT2D eigenvalue weighted by Gasteiger charge is 2.24. The average Bonchev–Trinajstić information content (AvgIpc) is 2.70. The number of rotatable bonds is 5. The molecule has 0 aromatic heterocycles. The minimum absolute atomic E-state index is 0.159. The minimum Gasteiger partial charge on any atom is -0.398 e. The lowest BCUT2D eigenvalue weighted by Crippen LogP contribution is -2.30. The number of carbonyl (C=O) groups excluding carboxylic acids is 1. The maximum Gasteiger partial charge on any atom is 0.210 e. The molecule has 1 aliphatic rings. The minimum atomic E-state index is -0.159. The lowest BCUT2D eigenvalue weighted by molar-refractivity contribution is -0.119. The molecule has 1 heterocycles. The van der Waals surface area contributed by atoms with Crippen molar-refractivity contribution in [2.45, 2.75) is 25.8 Å². The Morgan fingerprint density at radius 3 is 2.57 bits per heavy atom. The number of benzene rings is 2. The first-order chi connectivity index (χ1) is 13.5. The molecule has 4 nitrogen and oxygen atoms in total. The monoisotopic (exact) mass is 420 g/mol. The van der Waals surface area contributed by atoms with Crippen LogP contribution in [0.25, 0.3) is 5.57 Å². The number of hydrogen-bond donors (Lipinski definition) is 1. The Labute approximate surface area is 176 Å². The third-order valence-corrected chi connectivity index (χ3v) is 4.92. The summed E-state index contributed by atoms with van der Waals surface area (Å²) in [6.07, 6.45) is 4.79. The van der Waals surface area contributed by atoms with Gasteiger partial charge in [0.05, 0.1) is 6.04 Å². The van der Waals surface area contributed by atoms with E-state index in [0.29, 0.717) is 22.3 Å². The predicted molar refractivity (Wildman–Crippen MR) is 118 cm³/mol. The number of carbonyl (C=O) groups is 1. The maximum absolute atomic E-state index is 11.4. The van der Waals surface area contributed by atoms with E-state index in [9.17, 15) is 4.79 Å². The van der Waals surface area contributed by atoms with Crippen LogP contribution in [0.5, 0.6) is 0 Å². The summed E-state index contributed by atoms with van der Waals surface area (Å²) in [5, 5.41) is 1.29. The molecule has 0 aliphatic carbocycles. The van der Waals surface area contributed by atoms with Crippen LogP contribution in [0.2, 0.25) is 10.0 Å². The van der Waals surface area contributed by atoms with Crippen molar-refractivity contribution in [1.29, 1.82) is 0 Å². The van der Waals surface area contributed by atoms with E-state index in [1.807, 2.05) is 30.3 Å². The molecule has 1 unspecified atom stereocenters. The average molecular weight is 421 g/mol. The fourth-order valence-electron chi connectivity index (χ4n) is 3.09. The molecule has 1 aliphatic heterocycles. The van der Waals surface area contributed by atoms with E-state index < -0.39 is 0 Å². The Morgan fingerprint density at radius 1 is 1.21 bits per heavy atom. The molecule has 28 heavy (non-hydrogen) atoms. The largest absolute Gasteiger partial charge is 0.398 e. The number of hydrogen-bond acceptors (Lipinski definition) is 3. The van der Waals surface area contributed by atoms with Gasteiger partial charge in [0.25, 0.3) is 0 Å². The van der Waals surface area contributed by atoms with Crippen LogP contribution in [0.3, 0.4) is 0 Å². The summed E-state index contributed by atoms with van der Waals surface area (Å²) >= 11 is 12.2. The van der Waals surface area contributed by atoms with Gasteiger partial charge < -0.3 is 15.4 Å². The first-order valence-electron chi connectivity index (χ1n) is 9.21. The van der Waals surface area contributed by atoms with Gasteiger partial charge in [-0.05, 0) is 54.3 Å². The zero-order valence-corrected chi connectivity index (χ0v) is 17.7. The number of nitrogens with zero attached hydrogens (tertiary/aromatic N) is 1. The lowest BCUT2D eigenvalue weighted by atomic mass is 9.92. The molecule has 1 amide bonds. The number of ether oxygens (including phenoxy) is 1. The van der Waals surface area contributed by atoms with Crippen molar-refractivity contribution in [1.82, 2.24) is 4.90 Å². The smallest absolute Gasteiger partial charge is 0.210 e. The number of amides is 1. The van der Waals surface area contributed by atoms with Gasteiger partial charge >= 0.3 is 0 Å². The van der Waals surface area contributed by atoms with Crippen molar-refractivity contribution in [2.24, 2.45) is 0 Å². The van der Waals surface area contributed by atoms with Crippen LogP contribution >= 0.6 is 23.2 Å². The fourth-order valence-corrected chi connectivity index (χ4v) is 3.46. The lowest BCUT2D eigenvalue weighted by Gasteiger charge is -2.32. The number of halogens is 2. The van der Waals surface area contributed by atoms with Crippen molar-refractivity contribution in [3.63, 3.8) is 0 Å². The van der Waals surface area contributed by atoms with E-state index in [-0.39, 0.29) is 6.04 Å².